The number of sulfone groups is 1. The first-order valence-corrected chi connectivity index (χ1v) is 12.4. The topological polar surface area (TPSA) is 136 Å². The van der Waals surface area contributed by atoms with E-state index in [1.165, 1.54) is 30.3 Å². The van der Waals surface area contributed by atoms with Crippen molar-refractivity contribution < 1.29 is 31.2 Å². The molecular formula is C19H22N2O7S2. The third kappa shape index (κ3) is 7.16. The van der Waals surface area contributed by atoms with Gasteiger partial charge < -0.3 is 10.1 Å². The number of benzene rings is 2. The standard InChI is InChI=1S/C19H22N2O7S2/c1-14-8-10-15(11-9-14)30(26,27)13-5-12-28-18(22)16-6-3-4-7-17(16)20-19(23)21-29(2,24)25/h3-4,6-11H,5,12-13H2,1-2H3,(H2,20,21,23). The summed E-state index contributed by atoms with van der Waals surface area (Å²) in [6, 6.07) is 11.3. The molecule has 2 amide bonds. The molecule has 9 nitrogen and oxygen atoms in total. The number of hydrogen-bond acceptors (Lipinski definition) is 7. The molecule has 0 aliphatic carbocycles. The first kappa shape index (κ1) is 23.4. The Morgan fingerprint density at radius 3 is 2.23 bits per heavy atom. The molecule has 30 heavy (non-hydrogen) atoms. The normalized spacial score (nSPS) is 11.5. The Bertz CT molecular complexity index is 1130. The SMILES string of the molecule is Cc1ccc(S(=O)(=O)CCCOC(=O)c2ccccc2NC(=O)NS(C)(=O)=O)cc1. The van der Waals surface area contributed by atoms with Crippen LogP contribution in [0.3, 0.4) is 0 Å². The van der Waals surface area contributed by atoms with Crippen LogP contribution in [0.2, 0.25) is 0 Å². The number of ether oxygens (including phenoxy) is 1. The number of amides is 2. The van der Waals surface area contributed by atoms with Gasteiger partial charge in [-0.05, 0) is 37.6 Å². The molecule has 2 aromatic rings. The highest BCUT2D eigenvalue weighted by Gasteiger charge is 2.17. The van der Waals surface area contributed by atoms with Crippen molar-refractivity contribution in [3.8, 4) is 0 Å². The van der Waals surface area contributed by atoms with Gasteiger partial charge in [0.15, 0.2) is 9.84 Å². The van der Waals surface area contributed by atoms with Gasteiger partial charge in [0.2, 0.25) is 10.0 Å². The van der Waals surface area contributed by atoms with Crippen LogP contribution >= 0.6 is 0 Å². The molecule has 0 aliphatic rings. The molecule has 0 radical (unpaired) electrons. The van der Waals surface area contributed by atoms with E-state index in [9.17, 15) is 26.4 Å². The van der Waals surface area contributed by atoms with E-state index in [1.54, 1.807) is 22.9 Å². The predicted octanol–water partition coefficient (Wildman–Crippen LogP) is 2.10. The molecular weight excluding hydrogens is 432 g/mol. The van der Waals surface area contributed by atoms with E-state index >= 15 is 0 Å². The molecule has 0 unspecified atom stereocenters. The van der Waals surface area contributed by atoms with Gasteiger partial charge in [-0.25, -0.2) is 31.1 Å². The van der Waals surface area contributed by atoms with Gasteiger partial charge in [-0.1, -0.05) is 29.8 Å². The Hall–Kier alpha value is -2.92. The third-order valence-corrected chi connectivity index (χ3v) is 6.22. The number of anilines is 1. The van der Waals surface area contributed by atoms with Crippen LogP contribution in [-0.4, -0.2) is 47.5 Å². The molecule has 0 aromatic heterocycles. The van der Waals surface area contributed by atoms with Crippen LogP contribution in [0.4, 0.5) is 10.5 Å². The number of nitrogens with one attached hydrogen (secondary N) is 2. The fourth-order valence-corrected chi connectivity index (χ4v) is 4.11. The van der Waals surface area contributed by atoms with Crippen LogP contribution in [0.1, 0.15) is 22.3 Å². The zero-order valence-corrected chi connectivity index (χ0v) is 18.0. The van der Waals surface area contributed by atoms with E-state index in [0.29, 0.717) is 0 Å². The maximum atomic E-state index is 12.3. The van der Waals surface area contributed by atoms with Crippen LogP contribution in [0.25, 0.3) is 0 Å². The molecule has 2 N–H and O–H groups in total. The maximum Gasteiger partial charge on any atom is 0.340 e. The summed E-state index contributed by atoms with van der Waals surface area (Å²) in [5.74, 6) is -0.974. The van der Waals surface area contributed by atoms with Crippen molar-refractivity contribution in [1.29, 1.82) is 0 Å². The Morgan fingerprint density at radius 1 is 0.967 bits per heavy atom. The van der Waals surface area contributed by atoms with E-state index in [-0.39, 0.29) is 34.9 Å². The summed E-state index contributed by atoms with van der Waals surface area (Å²) < 4.78 is 53.7. The van der Waals surface area contributed by atoms with Gasteiger partial charge in [-0.3, -0.25) is 0 Å². The highest BCUT2D eigenvalue weighted by Crippen LogP contribution is 2.17. The van der Waals surface area contributed by atoms with Crippen molar-refractivity contribution in [3.63, 3.8) is 0 Å². The quantitative estimate of drug-likeness (QED) is 0.460. The Labute approximate surface area is 175 Å². The van der Waals surface area contributed by atoms with Gasteiger partial charge in [0, 0.05) is 0 Å². The molecule has 11 heteroatoms. The number of carbonyl (C=O) groups is 2. The first-order chi connectivity index (χ1) is 14.0. The van der Waals surface area contributed by atoms with E-state index < -0.39 is 31.9 Å². The summed E-state index contributed by atoms with van der Waals surface area (Å²) in [7, 11) is -7.26. The summed E-state index contributed by atoms with van der Waals surface area (Å²) in [5.41, 5.74) is 0.999. The highest BCUT2D eigenvalue weighted by molar-refractivity contribution is 7.91. The van der Waals surface area contributed by atoms with Crippen molar-refractivity contribution >= 4 is 37.5 Å². The van der Waals surface area contributed by atoms with Crippen LogP contribution < -0.4 is 10.0 Å². The maximum absolute atomic E-state index is 12.3. The second-order valence-electron chi connectivity index (χ2n) is 6.50. The van der Waals surface area contributed by atoms with Gasteiger partial charge in [0.25, 0.3) is 0 Å². The number of rotatable bonds is 8. The second kappa shape index (κ2) is 9.72. The number of para-hydroxylation sites is 1. The van der Waals surface area contributed by atoms with Crippen molar-refractivity contribution in [1.82, 2.24) is 4.72 Å². The lowest BCUT2D eigenvalue weighted by Gasteiger charge is -2.11. The molecule has 0 spiro atoms. The minimum atomic E-state index is -3.77. The van der Waals surface area contributed by atoms with E-state index in [1.807, 2.05) is 6.92 Å². The predicted molar refractivity (Wildman–Crippen MR) is 112 cm³/mol. The third-order valence-electron chi connectivity index (χ3n) is 3.84. The Morgan fingerprint density at radius 2 is 1.60 bits per heavy atom. The van der Waals surface area contributed by atoms with Gasteiger partial charge in [0.05, 0.1) is 34.8 Å². The Balaban J connectivity index is 1.94. The van der Waals surface area contributed by atoms with Crippen LogP contribution in [0.5, 0.6) is 0 Å². The van der Waals surface area contributed by atoms with Gasteiger partial charge in [0.1, 0.15) is 0 Å². The summed E-state index contributed by atoms with van der Waals surface area (Å²) in [4.78, 5) is 24.2. The summed E-state index contributed by atoms with van der Waals surface area (Å²) in [5, 5.41) is 2.26. The smallest absolute Gasteiger partial charge is 0.340 e. The molecule has 0 heterocycles. The van der Waals surface area contributed by atoms with Crippen LogP contribution in [-0.2, 0) is 24.6 Å². The first-order valence-electron chi connectivity index (χ1n) is 8.82. The number of hydrogen-bond donors (Lipinski definition) is 2. The lowest BCUT2D eigenvalue weighted by Crippen LogP contribution is -2.33. The molecule has 2 rings (SSSR count). The zero-order valence-electron chi connectivity index (χ0n) is 16.4. The second-order valence-corrected chi connectivity index (χ2v) is 10.4. The molecule has 2 aromatic carbocycles. The number of aryl methyl sites for hydroxylation is 1. The molecule has 0 saturated heterocycles. The van der Waals surface area contributed by atoms with Crippen molar-refractivity contribution in [2.45, 2.75) is 18.2 Å². The number of carbonyl (C=O) groups excluding carboxylic acids is 2. The molecule has 0 fully saturated rings. The van der Waals surface area contributed by atoms with Crippen molar-refractivity contribution in [2.24, 2.45) is 0 Å². The average molecular weight is 455 g/mol. The van der Waals surface area contributed by atoms with E-state index in [4.69, 9.17) is 4.74 Å². The van der Waals surface area contributed by atoms with Crippen molar-refractivity contribution in [2.75, 3.05) is 23.9 Å². The van der Waals surface area contributed by atoms with Crippen LogP contribution in [0, 0.1) is 6.92 Å². The van der Waals surface area contributed by atoms with Gasteiger partial charge in [-0.2, -0.15) is 0 Å². The lowest BCUT2D eigenvalue weighted by atomic mass is 10.2. The fraction of sp³-hybridized carbons (Fsp3) is 0.263. The minimum absolute atomic E-state index is 0.00235. The largest absolute Gasteiger partial charge is 0.462 e. The fourth-order valence-electron chi connectivity index (χ4n) is 2.44. The molecule has 0 aliphatic heterocycles. The minimum Gasteiger partial charge on any atom is -0.462 e. The number of esters is 1. The highest BCUT2D eigenvalue weighted by atomic mass is 32.2. The van der Waals surface area contributed by atoms with Gasteiger partial charge in [-0.15, -0.1) is 0 Å². The summed E-state index contributed by atoms with van der Waals surface area (Å²) in [6.45, 7) is 1.71. The van der Waals surface area contributed by atoms with E-state index in [2.05, 4.69) is 5.32 Å². The lowest BCUT2D eigenvalue weighted by molar-refractivity contribution is 0.0507. The molecule has 0 bridgehead atoms. The number of urea groups is 1. The van der Waals surface area contributed by atoms with E-state index in [0.717, 1.165) is 11.8 Å². The zero-order chi connectivity index (χ0) is 22.4. The van der Waals surface area contributed by atoms with Crippen LogP contribution in [0.15, 0.2) is 53.4 Å². The Kier molecular flexibility index (Phi) is 7.57. The summed E-state index contributed by atoms with van der Waals surface area (Å²) in [6.07, 6.45) is 0.906. The molecule has 0 atom stereocenters. The summed E-state index contributed by atoms with van der Waals surface area (Å²) >= 11 is 0. The molecule has 162 valence electrons. The molecule has 0 saturated carbocycles. The monoisotopic (exact) mass is 454 g/mol. The van der Waals surface area contributed by atoms with Gasteiger partial charge >= 0.3 is 12.0 Å². The van der Waals surface area contributed by atoms with Crippen molar-refractivity contribution in [3.05, 3.63) is 59.7 Å². The number of sulfonamides is 1. The average Bonchev–Trinajstić information content (AvgIpc) is 2.64.